The number of anilines is 1. The number of thioether (sulfide) groups is 1. The molecule has 0 saturated heterocycles. The largest absolute Gasteiger partial charge is 0.416 e. The molecule has 7 heteroatoms. The molecule has 0 atom stereocenters. The predicted molar refractivity (Wildman–Crippen MR) is 68.6 cm³/mol. The molecule has 1 aromatic carbocycles. The van der Waals surface area contributed by atoms with Crippen molar-refractivity contribution in [1.29, 1.82) is 0 Å². The van der Waals surface area contributed by atoms with E-state index in [1.54, 1.807) is 0 Å². The normalized spacial score (nSPS) is 13.1. The highest BCUT2D eigenvalue weighted by atomic mass is 32.2. The minimum Gasteiger partial charge on any atom is -0.398 e. The van der Waals surface area contributed by atoms with Gasteiger partial charge in [-0.25, -0.2) is 0 Å². The first kappa shape index (κ1) is 15.1. The Hall–Kier alpha value is -0.920. The van der Waals surface area contributed by atoms with Crippen LogP contribution >= 0.6 is 11.8 Å². The molecular formula is C11H16F3N3S. The molecule has 18 heavy (non-hydrogen) atoms. The molecule has 102 valence electrons. The predicted octanol–water partition coefficient (Wildman–Crippen LogP) is 2.46. The van der Waals surface area contributed by atoms with Crippen molar-refractivity contribution in [2.75, 3.05) is 5.73 Å². The van der Waals surface area contributed by atoms with E-state index in [2.05, 4.69) is 0 Å². The maximum atomic E-state index is 12.5. The van der Waals surface area contributed by atoms with Gasteiger partial charge < -0.3 is 17.2 Å². The van der Waals surface area contributed by atoms with Gasteiger partial charge in [0, 0.05) is 10.4 Å². The third-order valence-corrected chi connectivity index (χ3v) is 3.54. The fourth-order valence-corrected chi connectivity index (χ4v) is 2.68. The highest BCUT2D eigenvalue weighted by Gasteiger charge is 2.32. The van der Waals surface area contributed by atoms with Crippen LogP contribution in [0.2, 0.25) is 0 Å². The second kappa shape index (κ2) is 4.99. The van der Waals surface area contributed by atoms with E-state index in [1.807, 2.05) is 13.8 Å². The molecule has 0 saturated carbocycles. The van der Waals surface area contributed by atoms with E-state index in [0.717, 1.165) is 12.1 Å². The van der Waals surface area contributed by atoms with Crippen molar-refractivity contribution in [3.8, 4) is 0 Å². The van der Waals surface area contributed by atoms with Crippen molar-refractivity contribution in [3.63, 3.8) is 0 Å². The van der Waals surface area contributed by atoms with Crippen molar-refractivity contribution in [2.24, 2.45) is 11.5 Å². The van der Waals surface area contributed by atoms with Gasteiger partial charge in [0.15, 0.2) is 0 Å². The average Bonchev–Trinajstić information content (AvgIpc) is 2.13. The quantitative estimate of drug-likeness (QED) is 0.586. The fourth-order valence-electron chi connectivity index (χ4n) is 1.69. The van der Waals surface area contributed by atoms with Gasteiger partial charge in [0.1, 0.15) is 5.50 Å². The summed E-state index contributed by atoms with van der Waals surface area (Å²) in [6.45, 7) is 3.62. The average molecular weight is 279 g/mol. The fraction of sp³-hybridized carbons (Fsp3) is 0.455. The second-order valence-corrected chi connectivity index (χ2v) is 6.19. The Morgan fingerprint density at radius 1 is 1.17 bits per heavy atom. The third kappa shape index (κ3) is 3.54. The summed E-state index contributed by atoms with van der Waals surface area (Å²) in [5, 5.41) is 0. The van der Waals surface area contributed by atoms with E-state index in [9.17, 15) is 13.2 Å². The molecule has 1 rings (SSSR count). The number of benzene rings is 1. The Labute approximate surface area is 108 Å². The van der Waals surface area contributed by atoms with Crippen LogP contribution in [0.4, 0.5) is 18.9 Å². The van der Waals surface area contributed by atoms with Gasteiger partial charge in [-0.1, -0.05) is 6.07 Å². The molecule has 0 aliphatic rings. The molecule has 0 aliphatic carbocycles. The van der Waals surface area contributed by atoms with Crippen molar-refractivity contribution < 1.29 is 13.2 Å². The summed E-state index contributed by atoms with van der Waals surface area (Å²) in [7, 11) is 0. The summed E-state index contributed by atoms with van der Waals surface area (Å²) < 4.78 is 37.0. The minimum absolute atomic E-state index is 0.0861. The van der Waals surface area contributed by atoms with Crippen LogP contribution < -0.4 is 17.2 Å². The van der Waals surface area contributed by atoms with E-state index in [4.69, 9.17) is 17.2 Å². The van der Waals surface area contributed by atoms with Crippen LogP contribution in [0.1, 0.15) is 25.0 Å². The van der Waals surface area contributed by atoms with Gasteiger partial charge in [-0.2, -0.15) is 13.2 Å². The van der Waals surface area contributed by atoms with Gasteiger partial charge in [-0.05, 0) is 31.5 Å². The van der Waals surface area contributed by atoms with Crippen LogP contribution in [0.3, 0.4) is 0 Å². The maximum Gasteiger partial charge on any atom is 0.416 e. The number of hydrogen-bond donors (Lipinski definition) is 3. The molecule has 0 heterocycles. The molecule has 0 radical (unpaired) electrons. The molecule has 6 N–H and O–H groups in total. The lowest BCUT2D eigenvalue weighted by molar-refractivity contribution is -0.137. The Bertz CT molecular complexity index is 430. The first-order chi connectivity index (χ1) is 8.04. The Balaban J connectivity index is 3.13. The highest BCUT2D eigenvalue weighted by Crippen LogP contribution is 2.41. The van der Waals surface area contributed by atoms with Gasteiger partial charge in [0.05, 0.1) is 5.56 Å². The number of nitrogens with two attached hydrogens (primary N) is 3. The lowest BCUT2D eigenvalue weighted by Gasteiger charge is -2.28. The molecule has 0 aliphatic heterocycles. The number of rotatable bonds is 3. The Kier molecular flexibility index (Phi) is 4.19. The Morgan fingerprint density at radius 3 is 2.11 bits per heavy atom. The number of hydrogen-bond acceptors (Lipinski definition) is 4. The van der Waals surface area contributed by atoms with E-state index in [-0.39, 0.29) is 5.69 Å². The van der Waals surface area contributed by atoms with Gasteiger partial charge in [-0.3, -0.25) is 0 Å². The zero-order valence-electron chi connectivity index (χ0n) is 10.1. The van der Waals surface area contributed by atoms with Crippen LogP contribution in [0.15, 0.2) is 18.2 Å². The molecule has 0 fully saturated rings. The van der Waals surface area contributed by atoms with E-state index < -0.39 is 22.0 Å². The Morgan fingerprint density at radius 2 is 1.72 bits per heavy atom. The lowest BCUT2D eigenvalue weighted by Crippen LogP contribution is -2.32. The number of nitrogen functional groups attached to an aromatic ring is 1. The molecule has 0 aromatic heterocycles. The van der Waals surface area contributed by atoms with Gasteiger partial charge in [-0.15, -0.1) is 11.8 Å². The highest BCUT2D eigenvalue weighted by molar-refractivity contribution is 8.00. The summed E-state index contributed by atoms with van der Waals surface area (Å²) in [5.74, 6) is 0. The lowest BCUT2D eigenvalue weighted by atomic mass is 9.98. The van der Waals surface area contributed by atoms with Crippen molar-refractivity contribution >= 4 is 17.4 Å². The molecular weight excluding hydrogens is 263 g/mol. The van der Waals surface area contributed by atoms with Crippen LogP contribution in [0.25, 0.3) is 0 Å². The van der Waals surface area contributed by atoms with Crippen LogP contribution in [0.5, 0.6) is 0 Å². The summed E-state index contributed by atoms with van der Waals surface area (Å²) >= 11 is 1.23. The molecule has 0 amide bonds. The summed E-state index contributed by atoms with van der Waals surface area (Å²) in [4.78, 5) is 0. The summed E-state index contributed by atoms with van der Waals surface area (Å²) in [6.07, 6.45) is -4.39. The van der Waals surface area contributed by atoms with Crippen molar-refractivity contribution in [3.05, 3.63) is 29.3 Å². The molecule has 1 aromatic rings. The zero-order chi connectivity index (χ0) is 14.1. The maximum absolute atomic E-state index is 12.5. The monoisotopic (exact) mass is 279 g/mol. The van der Waals surface area contributed by atoms with E-state index in [0.29, 0.717) is 5.56 Å². The third-order valence-electron chi connectivity index (χ3n) is 2.46. The van der Waals surface area contributed by atoms with E-state index >= 15 is 0 Å². The molecule has 3 nitrogen and oxygen atoms in total. The standard InChI is InChI=1S/C11H16F3N3S/c1-10(2,18-9(16)17)7-4-3-6(5-8(7)15)11(12,13)14/h3-5,9H,15-17H2,1-2H3. The smallest absolute Gasteiger partial charge is 0.398 e. The van der Waals surface area contributed by atoms with Gasteiger partial charge >= 0.3 is 6.18 Å². The SMILES string of the molecule is CC(C)(SC(N)N)c1ccc(C(F)(F)F)cc1N. The van der Waals surface area contributed by atoms with Crippen LogP contribution in [-0.4, -0.2) is 5.50 Å². The van der Waals surface area contributed by atoms with Gasteiger partial charge in [0.25, 0.3) is 0 Å². The number of alkyl halides is 3. The first-order valence-corrected chi connectivity index (χ1v) is 6.08. The summed E-state index contributed by atoms with van der Waals surface area (Å²) in [6, 6.07) is 3.31. The molecule has 0 spiro atoms. The van der Waals surface area contributed by atoms with Crippen LogP contribution in [0, 0.1) is 0 Å². The first-order valence-electron chi connectivity index (χ1n) is 5.20. The van der Waals surface area contributed by atoms with E-state index in [1.165, 1.54) is 17.8 Å². The topological polar surface area (TPSA) is 78.1 Å². The number of halogens is 3. The molecule has 0 unspecified atom stereocenters. The molecule has 0 bridgehead atoms. The van der Waals surface area contributed by atoms with Crippen molar-refractivity contribution in [1.82, 2.24) is 0 Å². The summed E-state index contributed by atoms with van der Waals surface area (Å²) in [5.41, 5.74) is 15.9. The minimum atomic E-state index is -4.39. The van der Waals surface area contributed by atoms with Crippen molar-refractivity contribution in [2.45, 2.75) is 30.3 Å². The second-order valence-electron chi connectivity index (χ2n) is 4.39. The van der Waals surface area contributed by atoms with Gasteiger partial charge in [0.2, 0.25) is 0 Å². The van der Waals surface area contributed by atoms with Crippen LogP contribution in [-0.2, 0) is 10.9 Å². The zero-order valence-corrected chi connectivity index (χ0v) is 10.9.